The van der Waals surface area contributed by atoms with Crippen molar-refractivity contribution < 1.29 is 0 Å². The van der Waals surface area contributed by atoms with Crippen LogP contribution in [0.15, 0.2) is 4.79 Å². The number of aryl methyl sites for hydroxylation is 3. The lowest BCUT2D eigenvalue weighted by atomic mass is 9.97. The van der Waals surface area contributed by atoms with Crippen molar-refractivity contribution in [2.75, 3.05) is 5.84 Å². The Hall–Kier alpha value is -1.36. The number of nitrogens with zero attached hydrogens (tertiary/aromatic N) is 2. The van der Waals surface area contributed by atoms with Crippen molar-refractivity contribution in [3.8, 4) is 0 Å². The van der Waals surface area contributed by atoms with Gasteiger partial charge in [-0.25, -0.2) is 9.66 Å². The number of hydrogen-bond acceptors (Lipinski definition) is 4. The Morgan fingerprint density at radius 2 is 1.95 bits per heavy atom. The summed E-state index contributed by atoms with van der Waals surface area (Å²) in [5.74, 6) is 6.77. The maximum absolute atomic E-state index is 12.6. The largest absolute Gasteiger partial charge is 0.335 e. The zero-order chi connectivity index (χ0) is 15.5. The van der Waals surface area contributed by atoms with E-state index in [-0.39, 0.29) is 5.56 Å². The molecule has 3 rings (SSSR count). The number of hydrogen-bond donors (Lipinski definition) is 1. The molecule has 2 aromatic rings. The summed E-state index contributed by atoms with van der Waals surface area (Å²) in [5.41, 5.74) is 1.17. The summed E-state index contributed by atoms with van der Waals surface area (Å²) >= 11 is 1.70. The van der Waals surface area contributed by atoms with E-state index in [9.17, 15) is 4.79 Å². The molecule has 1 aliphatic carbocycles. The lowest BCUT2D eigenvalue weighted by molar-refractivity contribution is 0.613. The topological polar surface area (TPSA) is 60.9 Å². The first-order valence-corrected chi connectivity index (χ1v) is 9.35. The number of nitrogens with two attached hydrogens (primary N) is 1. The van der Waals surface area contributed by atoms with E-state index in [4.69, 9.17) is 10.8 Å². The molecule has 4 nitrogen and oxygen atoms in total. The van der Waals surface area contributed by atoms with Crippen molar-refractivity contribution in [2.24, 2.45) is 0 Å². The van der Waals surface area contributed by atoms with Crippen LogP contribution in [0, 0.1) is 0 Å². The van der Waals surface area contributed by atoms with Gasteiger partial charge in [-0.15, -0.1) is 11.3 Å². The Morgan fingerprint density at radius 3 is 2.77 bits per heavy atom. The summed E-state index contributed by atoms with van der Waals surface area (Å²) in [6.45, 7) is 2.21. The van der Waals surface area contributed by atoms with Crippen LogP contribution in [-0.2, 0) is 19.3 Å². The van der Waals surface area contributed by atoms with Gasteiger partial charge in [-0.1, -0.05) is 32.6 Å². The minimum atomic E-state index is -0.0482. The van der Waals surface area contributed by atoms with Crippen LogP contribution in [0.4, 0.5) is 0 Å². The highest BCUT2D eigenvalue weighted by Crippen LogP contribution is 2.33. The van der Waals surface area contributed by atoms with E-state index in [1.807, 2.05) is 0 Å². The molecule has 0 bridgehead atoms. The van der Waals surface area contributed by atoms with Crippen LogP contribution in [0.1, 0.15) is 68.1 Å². The molecule has 0 fully saturated rings. The van der Waals surface area contributed by atoms with Crippen LogP contribution >= 0.6 is 11.3 Å². The molecular formula is C17H25N3OS. The van der Waals surface area contributed by atoms with Crippen LogP contribution in [0.5, 0.6) is 0 Å². The fourth-order valence-electron chi connectivity index (χ4n) is 3.32. The summed E-state index contributed by atoms with van der Waals surface area (Å²) in [4.78, 5) is 19.6. The van der Waals surface area contributed by atoms with Crippen LogP contribution in [0.25, 0.3) is 10.2 Å². The number of thiophene rings is 1. The molecule has 0 aliphatic heterocycles. The molecule has 22 heavy (non-hydrogen) atoms. The maximum Gasteiger partial charge on any atom is 0.280 e. The Labute approximate surface area is 135 Å². The Morgan fingerprint density at radius 1 is 1.18 bits per heavy atom. The minimum absolute atomic E-state index is 0.0482. The van der Waals surface area contributed by atoms with Crippen molar-refractivity contribution >= 4 is 21.6 Å². The van der Waals surface area contributed by atoms with E-state index in [2.05, 4.69) is 6.92 Å². The fourth-order valence-corrected chi connectivity index (χ4v) is 4.59. The predicted molar refractivity (Wildman–Crippen MR) is 93.1 cm³/mol. The van der Waals surface area contributed by atoms with E-state index in [0.717, 1.165) is 41.7 Å². The predicted octanol–water partition coefficient (Wildman–Crippen LogP) is 3.56. The minimum Gasteiger partial charge on any atom is -0.335 e. The SMILES string of the molecule is CCCCCCCc1nc2sc3c(c2c(=O)n1N)CCCC3. The van der Waals surface area contributed by atoms with Crippen molar-refractivity contribution in [3.05, 3.63) is 26.6 Å². The Kier molecular flexibility index (Phi) is 4.81. The number of aromatic nitrogens is 2. The molecule has 0 aromatic carbocycles. The molecule has 0 unspecified atom stereocenters. The van der Waals surface area contributed by atoms with Gasteiger partial charge in [0.15, 0.2) is 0 Å². The molecular weight excluding hydrogens is 294 g/mol. The van der Waals surface area contributed by atoms with Gasteiger partial charge >= 0.3 is 0 Å². The van der Waals surface area contributed by atoms with E-state index in [1.54, 1.807) is 11.3 Å². The maximum atomic E-state index is 12.6. The molecule has 0 radical (unpaired) electrons. The lowest BCUT2D eigenvalue weighted by Crippen LogP contribution is -2.31. The number of nitrogen functional groups attached to an aromatic ring is 1. The number of unbranched alkanes of at least 4 members (excludes halogenated alkanes) is 4. The molecule has 2 N–H and O–H groups in total. The Balaban J connectivity index is 1.86. The van der Waals surface area contributed by atoms with E-state index in [0.29, 0.717) is 0 Å². The van der Waals surface area contributed by atoms with Crippen LogP contribution in [0.2, 0.25) is 0 Å². The highest BCUT2D eigenvalue weighted by molar-refractivity contribution is 7.18. The second-order valence-electron chi connectivity index (χ2n) is 6.26. The van der Waals surface area contributed by atoms with Crippen LogP contribution in [0.3, 0.4) is 0 Å². The average molecular weight is 319 g/mol. The first kappa shape index (κ1) is 15.5. The number of rotatable bonds is 6. The molecule has 0 saturated heterocycles. The highest BCUT2D eigenvalue weighted by Gasteiger charge is 2.21. The zero-order valence-corrected chi connectivity index (χ0v) is 14.2. The summed E-state index contributed by atoms with van der Waals surface area (Å²) in [6, 6.07) is 0. The average Bonchev–Trinajstić information content (AvgIpc) is 2.90. The van der Waals surface area contributed by atoms with Crippen molar-refractivity contribution in [3.63, 3.8) is 0 Å². The van der Waals surface area contributed by atoms with Gasteiger partial charge in [-0.05, 0) is 37.7 Å². The van der Waals surface area contributed by atoms with E-state index >= 15 is 0 Å². The zero-order valence-electron chi connectivity index (χ0n) is 13.4. The third kappa shape index (κ3) is 2.91. The fraction of sp³-hybridized carbons (Fsp3) is 0.647. The second kappa shape index (κ2) is 6.82. The van der Waals surface area contributed by atoms with Gasteiger partial charge in [-0.2, -0.15) is 0 Å². The summed E-state index contributed by atoms with van der Waals surface area (Å²) in [6.07, 6.45) is 11.3. The van der Waals surface area contributed by atoms with Crippen molar-refractivity contribution in [1.82, 2.24) is 9.66 Å². The van der Waals surface area contributed by atoms with Crippen LogP contribution < -0.4 is 11.4 Å². The van der Waals surface area contributed by atoms with Crippen LogP contribution in [-0.4, -0.2) is 9.66 Å². The third-order valence-electron chi connectivity index (χ3n) is 4.60. The first-order chi connectivity index (χ1) is 10.7. The van der Waals surface area contributed by atoms with E-state index in [1.165, 1.54) is 53.6 Å². The quantitative estimate of drug-likeness (QED) is 0.654. The lowest BCUT2D eigenvalue weighted by Gasteiger charge is -2.10. The second-order valence-corrected chi connectivity index (χ2v) is 7.34. The standard InChI is InChI=1S/C17H25N3OS/c1-2-3-4-5-6-11-14-19-16-15(17(21)20(14)18)12-9-7-8-10-13(12)22-16/h2-11,18H2,1H3. The van der Waals surface area contributed by atoms with Crippen molar-refractivity contribution in [1.29, 1.82) is 0 Å². The smallest absolute Gasteiger partial charge is 0.280 e. The molecule has 5 heteroatoms. The van der Waals surface area contributed by atoms with E-state index < -0.39 is 0 Å². The van der Waals surface area contributed by atoms with Crippen molar-refractivity contribution in [2.45, 2.75) is 71.1 Å². The first-order valence-electron chi connectivity index (χ1n) is 8.53. The van der Waals surface area contributed by atoms with Gasteiger partial charge < -0.3 is 5.84 Å². The van der Waals surface area contributed by atoms with Gasteiger partial charge in [0.1, 0.15) is 10.7 Å². The number of fused-ring (bicyclic) bond motifs is 3. The highest BCUT2D eigenvalue weighted by atomic mass is 32.1. The molecule has 2 heterocycles. The van der Waals surface area contributed by atoms with Gasteiger partial charge in [0.25, 0.3) is 5.56 Å². The van der Waals surface area contributed by atoms with Gasteiger partial charge in [0.05, 0.1) is 5.39 Å². The van der Waals surface area contributed by atoms with Gasteiger partial charge in [-0.3, -0.25) is 4.79 Å². The summed E-state index contributed by atoms with van der Waals surface area (Å²) < 4.78 is 1.30. The summed E-state index contributed by atoms with van der Waals surface area (Å²) in [7, 11) is 0. The van der Waals surface area contributed by atoms with Gasteiger partial charge in [0.2, 0.25) is 0 Å². The molecule has 0 saturated carbocycles. The molecule has 120 valence electrons. The molecule has 0 amide bonds. The monoisotopic (exact) mass is 319 g/mol. The summed E-state index contributed by atoms with van der Waals surface area (Å²) in [5, 5.41) is 0.789. The molecule has 1 aliphatic rings. The third-order valence-corrected chi connectivity index (χ3v) is 5.78. The molecule has 0 atom stereocenters. The van der Waals surface area contributed by atoms with Gasteiger partial charge in [0, 0.05) is 11.3 Å². The normalized spacial score (nSPS) is 14.4. The Bertz CT molecular complexity index is 717. The molecule has 0 spiro atoms. The molecule has 2 aromatic heterocycles.